The fourth-order valence-electron chi connectivity index (χ4n) is 2.32. The lowest BCUT2D eigenvalue weighted by molar-refractivity contribution is -0.137. The fourth-order valence-corrected chi connectivity index (χ4v) is 2.32. The lowest BCUT2D eigenvalue weighted by atomic mass is 10.0. The summed E-state index contributed by atoms with van der Waals surface area (Å²) in [7, 11) is 0. The molecular formula is C15H12F3N3. The molecule has 0 aliphatic rings. The molecule has 6 heteroatoms. The van der Waals surface area contributed by atoms with Crippen LogP contribution >= 0.6 is 0 Å². The zero-order chi connectivity index (χ0) is 15.0. The number of pyridine rings is 1. The largest absolute Gasteiger partial charge is 0.417 e. The van der Waals surface area contributed by atoms with Crippen molar-refractivity contribution in [1.29, 1.82) is 0 Å². The van der Waals surface area contributed by atoms with Crippen molar-refractivity contribution in [2.24, 2.45) is 0 Å². The Morgan fingerprint density at radius 1 is 1.05 bits per heavy atom. The molecule has 0 amide bonds. The summed E-state index contributed by atoms with van der Waals surface area (Å²) in [5, 5.41) is 8.00. The van der Waals surface area contributed by atoms with Crippen LogP contribution in [0.1, 0.15) is 18.3 Å². The molecule has 21 heavy (non-hydrogen) atoms. The summed E-state index contributed by atoms with van der Waals surface area (Å²) in [5.41, 5.74) is 0.628. The van der Waals surface area contributed by atoms with E-state index in [1.165, 1.54) is 12.1 Å². The highest BCUT2D eigenvalue weighted by atomic mass is 19.4. The van der Waals surface area contributed by atoms with Crippen molar-refractivity contribution in [1.82, 2.24) is 14.6 Å². The molecule has 0 spiro atoms. The van der Waals surface area contributed by atoms with Gasteiger partial charge in [-0.3, -0.25) is 4.40 Å². The SMILES string of the molecule is CCc1nnc2ccc(-c3ccccc3C(F)(F)F)cn12. The standard InChI is InChI=1S/C15H12F3N3/c1-2-13-19-20-14-8-7-10(9-21(13)14)11-5-3-4-6-12(11)15(16,17)18/h3-9H,2H2,1H3. The number of hydrogen-bond acceptors (Lipinski definition) is 2. The molecule has 0 bridgehead atoms. The molecule has 3 rings (SSSR count). The van der Waals surface area contributed by atoms with Crippen molar-refractivity contribution in [3.63, 3.8) is 0 Å². The number of benzene rings is 1. The van der Waals surface area contributed by atoms with E-state index in [0.717, 1.165) is 11.9 Å². The monoisotopic (exact) mass is 291 g/mol. The highest BCUT2D eigenvalue weighted by molar-refractivity contribution is 5.68. The smallest absolute Gasteiger partial charge is 0.286 e. The van der Waals surface area contributed by atoms with Gasteiger partial charge in [-0.15, -0.1) is 10.2 Å². The Kier molecular flexibility index (Phi) is 3.16. The van der Waals surface area contributed by atoms with Crippen molar-refractivity contribution < 1.29 is 13.2 Å². The first-order valence-electron chi connectivity index (χ1n) is 6.51. The van der Waals surface area contributed by atoms with Crippen molar-refractivity contribution in [3.05, 3.63) is 54.0 Å². The summed E-state index contributed by atoms with van der Waals surface area (Å²) in [5.74, 6) is 0.719. The molecule has 0 radical (unpaired) electrons. The quantitative estimate of drug-likeness (QED) is 0.715. The lowest BCUT2D eigenvalue weighted by Crippen LogP contribution is -2.07. The molecule has 108 valence electrons. The number of aromatic nitrogens is 3. The Bertz CT molecular complexity index is 790. The maximum absolute atomic E-state index is 13.1. The zero-order valence-electron chi connectivity index (χ0n) is 11.2. The van der Waals surface area contributed by atoms with Crippen molar-refractivity contribution in [2.45, 2.75) is 19.5 Å². The summed E-state index contributed by atoms with van der Waals surface area (Å²) in [4.78, 5) is 0. The van der Waals surface area contributed by atoms with Gasteiger partial charge in [0.05, 0.1) is 5.56 Å². The molecule has 0 saturated heterocycles. The van der Waals surface area contributed by atoms with Gasteiger partial charge in [-0.1, -0.05) is 25.1 Å². The van der Waals surface area contributed by atoms with Gasteiger partial charge in [0, 0.05) is 12.6 Å². The van der Waals surface area contributed by atoms with Crippen molar-refractivity contribution in [2.75, 3.05) is 0 Å². The summed E-state index contributed by atoms with van der Waals surface area (Å²) in [6, 6.07) is 8.86. The molecular weight excluding hydrogens is 279 g/mol. The maximum atomic E-state index is 13.1. The second kappa shape index (κ2) is 4.87. The highest BCUT2D eigenvalue weighted by Gasteiger charge is 2.33. The van der Waals surface area contributed by atoms with E-state index in [1.807, 2.05) is 6.92 Å². The van der Waals surface area contributed by atoms with Gasteiger partial charge in [0.15, 0.2) is 5.65 Å². The van der Waals surface area contributed by atoms with Gasteiger partial charge in [-0.25, -0.2) is 0 Å². The van der Waals surface area contributed by atoms with E-state index >= 15 is 0 Å². The van der Waals surface area contributed by atoms with Gasteiger partial charge in [-0.05, 0) is 29.3 Å². The van der Waals surface area contributed by atoms with Gasteiger partial charge in [0.1, 0.15) is 5.82 Å². The van der Waals surface area contributed by atoms with E-state index in [2.05, 4.69) is 10.2 Å². The molecule has 0 N–H and O–H groups in total. The van der Waals surface area contributed by atoms with E-state index in [4.69, 9.17) is 0 Å². The van der Waals surface area contributed by atoms with E-state index in [0.29, 0.717) is 17.6 Å². The first-order chi connectivity index (χ1) is 10.0. The Balaban J connectivity index is 2.21. The van der Waals surface area contributed by atoms with Crippen LogP contribution in [0.3, 0.4) is 0 Å². The van der Waals surface area contributed by atoms with Crippen molar-refractivity contribution >= 4 is 5.65 Å². The predicted molar refractivity (Wildman–Crippen MR) is 72.8 cm³/mol. The number of halogens is 3. The second-order valence-electron chi connectivity index (χ2n) is 4.66. The fraction of sp³-hybridized carbons (Fsp3) is 0.200. The molecule has 2 aromatic heterocycles. The zero-order valence-corrected chi connectivity index (χ0v) is 11.2. The number of nitrogens with zero attached hydrogens (tertiary/aromatic N) is 3. The Hall–Kier alpha value is -2.37. The first kappa shape index (κ1) is 13.6. The highest BCUT2D eigenvalue weighted by Crippen LogP contribution is 2.36. The summed E-state index contributed by atoms with van der Waals surface area (Å²) < 4.78 is 41.0. The van der Waals surface area contributed by atoms with Gasteiger partial charge in [0.2, 0.25) is 0 Å². The molecule has 3 aromatic rings. The number of fused-ring (bicyclic) bond motifs is 1. The normalized spacial score (nSPS) is 12.0. The topological polar surface area (TPSA) is 30.2 Å². The summed E-state index contributed by atoms with van der Waals surface area (Å²) in [6.07, 6.45) is -2.07. The number of aryl methyl sites for hydroxylation is 1. The van der Waals surface area contributed by atoms with Crippen LogP contribution in [-0.2, 0) is 12.6 Å². The number of hydrogen-bond donors (Lipinski definition) is 0. The van der Waals surface area contributed by atoms with E-state index in [-0.39, 0.29) is 5.56 Å². The Labute approximate surface area is 119 Å². The van der Waals surface area contributed by atoms with Crippen molar-refractivity contribution in [3.8, 4) is 11.1 Å². The molecule has 3 nitrogen and oxygen atoms in total. The molecule has 1 aromatic carbocycles. The van der Waals surface area contributed by atoms with Crippen LogP contribution in [0.4, 0.5) is 13.2 Å². The van der Waals surface area contributed by atoms with Gasteiger partial charge in [0.25, 0.3) is 0 Å². The average molecular weight is 291 g/mol. The minimum atomic E-state index is -4.38. The molecule has 0 aliphatic heterocycles. The molecule has 0 atom stereocenters. The third-order valence-electron chi connectivity index (χ3n) is 3.33. The van der Waals surface area contributed by atoms with Crippen LogP contribution < -0.4 is 0 Å². The summed E-state index contributed by atoms with van der Waals surface area (Å²) in [6.45, 7) is 1.92. The minimum Gasteiger partial charge on any atom is -0.286 e. The number of alkyl halides is 3. The molecule has 0 fully saturated rings. The Morgan fingerprint density at radius 3 is 2.52 bits per heavy atom. The van der Waals surface area contributed by atoms with Crippen LogP contribution in [0.25, 0.3) is 16.8 Å². The van der Waals surface area contributed by atoms with Gasteiger partial charge >= 0.3 is 6.18 Å². The molecule has 0 saturated carbocycles. The Morgan fingerprint density at radius 2 is 1.81 bits per heavy atom. The van der Waals surface area contributed by atoms with Gasteiger partial charge < -0.3 is 0 Å². The number of rotatable bonds is 2. The maximum Gasteiger partial charge on any atom is 0.417 e. The first-order valence-corrected chi connectivity index (χ1v) is 6.51. The van der Waals surface area contributed by atoms with Crippen LogP contribution in [0, 0.1) is 0 Å². The molecule has 0 aliphatic carbocycles. The third-order valence-corrected chi connectivity index (χ3v) is 3.33. The summed E-state index contributed by atoms with van der Waals surface area (Å²) >= 11 is 0. The van der Waals surface area contributed by atoms with E-state index in [1.54, 1.807) is 28.8 Å². The van der Waals surface area contributed by atoms with Crippen LogP contribution in [-0.4, -0.2) is 14.6 Å². The average Bonchev–Trinajstić information content (AvgIpc) is 2.88. The molecule has 0 unspecified atom stereocenters. The third kappa shape index (κ3) is 2.37. The van der Waals surface area contributed by atoms with E-state index in [9.17, 15) is 13.2 Å². The van der Waals surface area contributed by atoms with Gasteiger partial charge in [-0.2, -0.15) is 13.2 Å². The molecule has 2 heterocycles. The van der Waals surface area contributed by atoms with Crippen LogP contribution in [0.5, 0.6) is 0 Å². The van der Waals surface area contributed by atoms with Crippen LogP contribution in [0.15, 0.2) is 42.6 Å². The lowest BCUT2D eigenvalue weighted by Gasteiger charge is -2.13. The minimum absolute atomic E-state index is 0.155. The second-order valence-corrected chi connectivity index (χ2v) is 4.66. The van der Waals surface area contributed by atoms with E-state index < -0.39 is 11.7 Å². The van der Waals surface area contributed by atoms with Crippen LogP contribution in [0.2, 0.25) is 0 Å². The predicted octanol–water partition coefficient (Wildman–Crippen LogP) is 3.98.